The number of carbonyl (C=O) groups excluding carboxylic acids is 1. The minimum Gasteiger partial charge on any atom is -0.497 e. The Morgan fingerprint density at radius 2 is 2.04 bits per heavy atom. The third-order valence-electron chi connectivity index (χ3n) is 5.11. The highest BCUT2D eigenvalue weighted by atomic mass is 16.5. The maximum atomic E-state index is 12.7. The molecule has 5 nitrogen and oxygen atoms in total. The van der Waals surface area contributed by atoms with Crippen molar-refractivity contribution in [2.75, 3.05) is 13.7 Å². The number of fused-ring (bicyclic) bond motifs is 2. The molecule has 26 heavy (non-hydrogen) atoms. The number of para-hydroxylation sites is 1. The van der Waals surface area contributed by atoms with E-state index in [2.05, 4.69) is 16.3 Å². The van der Waals surface area contributed by atoms with E-state index in [1.165, 1.54) is 11.1 Å². The number of amidine groups is 1. The molecule has 1 saturated heterocycles. The number of benzene rings is 2. The van der Waals surface area contributed by atoms with Gasteiger partial charge >= 0.3 is 0 Å². The van der Waals surface area contributed by atoms with Crippen LogP contribution in [0.3, 0.4) is 0 Å². The molecule has 0 aliphatic carbocycles. The number of aliphatic imine (C=N–C) groups is 1. The van der Waals surface area contributed by atoms with Crippen molar-refractivity contribution in [3.63, 3.8) is 0 Å². The molecule has 2 aliphatic rings. The molecule has 1 N–H and O–H groups in total. The average molecular weight is 349 g/mol. The molecule has 0 aromatic heterocycles. The Morgan fingerprint density at radius 3 is 2.85 bits per heavy atom. The Labute approximate surface area is 153 Å². The van der Waals surface area contributed by atoms with E-state index >= 15 is 0 Å². The van der Waals surface area contributed by atoms with Crippen molar-refractivity contribution < 1.29 is 9.53 Å². The Balaban J connectivity index is 1.34. The summed E-state index contributed by atoms with van der Waals surface area (Å²) >= 11 is 0. The van der Waals surface area contributed by atoms with E-state index in [4.69, 9.17) is 9.73 Å². The van der Waals surface area contributed by atoms with Crippen LogP contribution in [-0.4, -0.2) is 36.3 Å². The molecule has 134 valence electrons. The van der Waals surface area contributed by atoms with Gasteiger partial charge in [-0.2, -0.15) is 0 Å². The lowest BCUT2D eigenvalue weighted by atomic mass is 10.1. The van der Waals surface area contributed by atoms with Crippen molar-refractivity contribution in [2.45, 2.75) is 31.8 Å². The highest BCUT2D eigenvalue weighted by Gasteiger charge is 2.36. The minimum absolute atomic E-state index is 0.100. The third kappa shape index (κ3) is 3.29. The lowest BCUT2D eigenvalue weighted by Crippen LogP contribution is -2.45. The number of rotatable bonds is 5. The van der Waals surface area contributed by atoms with Gasteiger partial charge in [-0.25, -0.2) is 4.99 Å². The van der Waals surface area contributed by atoms with E-state index in [9.17, 15) is 4.79 Å². The number of hydrogen-bond acceptors (Lipinski definition) is 4. The fourth-order valence-electron chi connectivity index (χ4n) is 3.66. The van der Waals surface area contributed by atoms with Gasteiger partial charge in [0.1, 0.15) is 17.6 Å². The van der Waals surface area contributed by atoms with Crippen molar-refractivity contribution in [3.05, 3.63) is 59.7 Å². The smallest absolute Gasteiger partial charge is 0.242 e. The molecule has 2 heterocycles. The molecular formula is C21H23N3O2. The van der Waals surface area contributed by atoms with Crippen molar-refractivity contribution in [2.24, 2.45) is 4.99 Å². The molecule has 2 aromatic carbocycles. The van der Waals surface area contributed by atoms with Gasteiger partial charge < -0.3 is 15.0 Å². The predicted octanol–water partition coefficient (Wildman–Crippen LogP) is 3.06. The van der Waals surface area contributed by atoms with Crippen molar-refractivity contribution in [1.82, 2.24) is 10.2 Å². The number of nitrogens with one attached hydrogen (secondary N) is 1. The molecule has 0 bridgehead atoms. The molecule has 0 saturated carbocycles. The highest BCUT2D eigenvalue weighted by molar-refractivity contribution is 5.95. The van der Waals surface area contributed by atoms with Crippen molar-refractivity contribution in [3.8, 4) is 5.75 Å². The zero-order valence-corrected chi connectivity index (χ0v) is 14.9. The summed E-state index contributed by atoms with van der Waals surface area (Å²) in [7, 11) is 1.66. The number of nitrogens with zero attached hydrogens (tertiary/aromatic N) is 2. The van der Waals surface area contributed by atoms with Crippen molar-refractivity contribution in [1.29, 1.82) is 0 Å². The Kier molecular flexibility index (Phi) is 4.61. The maximum absolute atomic E-state index is 12.7. The van der Waals surface area contributed by atoms with Crippen LogP contribution >= 0.6 is 0 Å². The molecule has 5 heteroatoms. The van der Waals surface area contributed by atoms with Gasteiger partial charge in [0.25, 0.3) is 0 Å². The van der Waals surface area contributed by atoms with Crippen molar-refractivity contribution >= 4 is 17.4 Å². The summed E-state index contributed by atoms with van der Waals surface area (Å²) in [5, 5.41) is 3.09. The van der Waals surface area contributed by atoms with Crippen LogP contribution in [0.4, 0.5) is 5.69 Å². The topological polar surface area (TPSA) is 53.9 Å². The van der Waals surface area contributed by atoms with Crippen LogP contribution in [0.25, 0.3) is 0 Å². The molecule has 0 spiro atoms. The largest absolute Gasteiger partial charge is 0.497 e. The highest BCUT2D eigenvalue weighted by Crippen LogP contribution is 2.32. The summed E-state index contributed by atoms with van der Waals surface area (Å²) < 4.78 is 5.17. The van der Waals surface area contributed by atoms with Crippen LogP contribution in [-0.2, 0) is 17.8 Å². The second kappa shape index (κ2) is 7.20. The third-order valence-corrected chi connectivity index (χ3v) is 5.11. The Bertz CT molecular complexity index is 829. The van der Waals surface area contributed by atoms with Gasteiger partial charge in [-0.1, -0.05) is 30.3 Å². The van der Waals surface area contributed by atoms with Gasteiger partial charge in [0.15, 0.2) is 0 Å². The minimum atomic E-state index is -0.113. The van der Waals surface area contributed by atoms with Gasteiger partial charge in [0, 0.05) is 19.5 Å². The number of carbonyl (C=O) groups is 1. The summed E-state index contributed by atoms with van der Waals surface area (Å²) in [5.74, 6) is 1.99. The van der Waals surface area contributed by atoms with Crippen LogP contribution in [0, 0.1) is 0 Å². The van der Waals surface area contributed by atoms with Crippen LogP contribution in [0.1, 0.15) is 24.0 Å². The van der Waals surface area contributed by atoms with E-state index < -0.39 is 0 Å². The molecule has 2 aliphatic heterocycles. The van der Waals surface area contributed by atoms with Crippen LogP contribution in [0.5, 0.6) is 5.75 Å². The molecule has 0 unspecified atom stereocenters. The zero-order chi connectivity index (χ0) is 17.9. The van der Waals surface area contributed by atoms with E-state index in [1.54, 1.807) is 7.11 Å². The first kappa shape index (κ1) is 16.6. The van der Waals surface area contributed by atoms with Crippen LogP contribution in [0.15, 0.2) is 53.5 Å². The van der Waals surface area contributed by atoms with E-state index in [1.807, 2.05) is 42.5 Å². The standard InChI is InChI=1S/C21H23N3O2/c1-26-17-8-6-15(7-9-17)12-13-22-21(25)19-10-11-20-23-18-5-3-2-4-16(18)14-24(19)20/h2-9,19H,10-14H2,1H3,(H,22,25)/t19-/m0/s1. The normalized spacial score (nSPS) is 18.0. The molecule has 0 radical (unpaired) electrons. The number of hydrogen-bond donors (Lipinski definition) is 1. The van der Waals surface area contributed by atoms with Gasteiger partial charge in [0.2, 0.25) is 5.91 Å². The summed E-state index contributed by atoms with van der Waals surface area (Å²) in [6, 6.07) is 16.0. The molecule has 1 atom stereocenters. The first-order valence-electron chi connectivity index (χ1n) is 9.07. The number of methoxy groups -OCH3 is 1. The summed E-state index contributed by atoms with van der Waals surface area (Å²) in [6.45, 7) is 1.41. The predicted molar refractivity (Wildman–Crippen MR) is 102 cm³/mol. The van der Waals surface area contributed by atoms with Gasteiger partial charge in [-0.15, -0.1) is 0 Å². The summed E-state index contributed by atoms with van der Waals surface area (Å²) in [6.07, 6.45) is 2.51. The molecule has 1 amide bonds. The number of ether oxygens (including phenoxy) is 1. The molecular weight excluding hydrogens is 326 g/mol. The van der Waals surface area contributed by atoms with E-state index in [-0.39, 0.29) is 11.9 Å². The van der Waals surface area contributed by atoms with E-state index in [0.29, 0.717) is 6.54 Å². The average Bonchev–Trinajstić information content (AvgIpc) is 3.09. The first-order chi connectivity index (χ1) is 12.7. The lowest BCUT2D eigenvalue weighted by Gasteiger charge is -2.29. The van der Waals surface area contributed by atoms with Crippen LogP contribution < -0.4 is 10.1 Å². The number of amides is 1. The SMILES string of the molecule is COc1ccc(CCNC(=O)[C@@H]2CCC3=Nc4ccccc4CN32)cc1. The first-order valence-corrected chi connectivity index (χ1v) is 9.07. The van der Waals surface area contributed by atoms with Gasteiger partial charge in [0.05, 0.1) is 12.8 Å². The quantitative estimate of drug-likeness (QED) is 0.903. The fraction of sp³-hybridized carbons (Fsp3) is 0.333. The zero-order valence-electron chi connectivity index (χ0n) is 14.9. The van der Waals surface area contributed by atoms with Gasteiger partial charge in [-0.3, -0.25) is 4.79 Å². The second-order valence-corrected chi connectivity index (χ2v) is 6.73. The Hall–Kier alpha value is -2.82. The molecule has 1 fully saturated rings. The lowest BCUT2D eigenvalue weighted by molar-refractivity contribution is -0.124. The van der Waals surface area contributed by atoms with Crippen LogP contribution in [0.2, 0.25) is 0 Å². The second-order valence-electron chi connectivity index (χ2n) is 6.73. The monoisotopic (exact) mass is 349 g/mol. The van der Waals surface area contributed by atoms with Gasteiger partial charge in [-0.05, 0) is 42.2 Å². The fourth-order valence-corrected chi connectivity index (χ4v) is 3.66. The summed E-state index contributed by atoms with van der Waals surface area (Å²) in [4.78, 5) is 19.6. The summed E-state index contributed by atoms with van der Waals surface area (Å²) in [5.41, 5.74) is 3.42. The molecule has 4 rings (SSSR count). The van der Waals surface area contributed by atoms with E-state index in [0.717, 1.165) is 43.1 Å². The Morgan fingerprint density at radius 1 is 1.23 bits per heavy atom. The molecule has 2 aromatic rings. The maximum Gasteiger partial charge on any atom is 0.242 e.